The molecule has 0 radical (unpaired) electrons. The van der Waals surface area contributed by atoms with E-state index in [1.807, 2.05) is 0 Å². The summed E-state index contributed by atoms with van der Waals surface area (Å²) in [6.07, 6.45) is 2.39. The Labute approximate surface area is 142 Å². The summed E-state index contributed by atoms with van der Waals surface area (Å²) in [4.78, 5) is 22.5. The standard InChI is InChI=1S/C18H14F2O5/c1-24-16-9-11(6-8-15(16)25-10-17(22)23)5-7-14(21)18-12(19)3-2-4-13(18)20/h2-9H,10H2,1H3,(H,22,23)/b7-5+. The van der Waals surface area contributed by atoms with Gasteiger partial charge in [0.15, 0.2) is 23.9 Å². The van der Waals surface area contributed by atoms with Crippen LogP contribution >= 0.6 is 0 Å². The number of hydrogen-bond acceptors (Lipinski definition) is 4. The van der Waals surface area contributed by atoms with Crippen molar-refractivity contribution in [3.63, 3.8) is 0 Å². The van der Waals surface area contributed by atoms with Gasteiger partial charge in [-0.2, -0.15) is 0 Å². The number of aliphatic carboxylic acids is 1. The van der Waals surface area contributed by atoms with Gasteiger partial charge in [-0.15, -0.1) is 0 Å². The highest BCUT2D eigenvalue weighted by Crippen LogP contribution is 2.28. The summed E-state index contributed by atoms with van der Waals surface area (Å²) in [7, 11) is 1.37. The Hall–Kier alpha value is -3.22. The number of benzene rings is 2. The van der Waals surface area contributed by atoms with Crippen LogP contribution in [0, 0.1) is 11.6 Å². The van der Waals surface area contributed by atoms with Gasteiger partial charge in [0.1, 0.15) is 11.6 Å². The smallest absolute Gasteiger partial charge is 0.341 e. The van der Waals surface area contributed by atoms with Crippen LogP contribution < -0.4 is 9.47 Å². The molecule has 7 heteroatoms. The molecule has 0 aliphatic heterocycles. The number of carboxylic acids is 1. The number of carbonyl (C=O) groups excluding carboxylic acids is 1. The zero-order valence-corrected chi connectivity index (χ0v) is 13.2. The second-order valence-corrected chi connectivity index (χ2v) is 4.89. The Morgan fingerprint density at radius 2 is 1.80 bits per heavy atom. The predicted octanol–water partition coefficient (Wildman–Crippen LogP) is 3.33. The molecule has 0 atom stereocenters. The van der Waals surface area contributed by atoms with Gasteiger partial charge >= 0.3 is 5.97 Å². The number of ether oxygens (including phenoxy) is 2. The molecule has 2 aromatic rings. The first-order valence-corrected chi connectivity index (χ1v) is 7.11. The average Bonchev–Trinajstić information content (AvgIpc) is 2.58. The van der Waals surface area contributed by atoms with Crippen LogP contribution in [0.25, 0.3) is 6.08 Å². The monoisotopic (exact) mass is 348 g/mol. The van der Waals surface area contributed by atoms with Crippen molar-refractivity contribution in [1.29, 1.82) is 0 Å². The molecule has 2 aromatic carbocycles. The first kappa shape index (κ1) is 18.1. The van der Waals surface area contributed by atoms with Crippen LogP contribution in [-0.2, 0) is 4.79 Å². The van der Waals surface area contributed by atoms with Crippen LogP contribution in [0.2, 0.25) is 0 Å². The van der Waals surface area contributed by atoms with Crippen LogP contribution in [0.1, 0.15) is 15.9 Å². The Bertz CT molecular complexity index is 810. The molecular weight excluding hydrogens is 334 g/mol. The molecule has 25 heavy (non-hydrogen) atoms. The summed E-state index contributed by atoms with van der Waals surface area (Å²) >= 11 is 0. The van der Waals surface area contributed by atoms with E-state index in [4.69, 9.17) is 14.6 Å². The van der Waals surface area contributed by atoms with Gasteiger partial charge < -0.3 is 14.6 Å². The van der Waals surface area contributed by atoms with E-state index < -0.39 is 35.6 Å². The number of methoxy groups -OCH3 is 1. The maximum atomic E-state index is 13.6. The van der Waals surface area contributed by atoms with Crippen molar-refractivity contribution < 1.29 is 33.0 Å². The van der Waals surface area contributed by atoms with Crippen molar-refractivity contribution in [2.75, 3.05) is 13.7 Å². The van der Waals surface area contributed by atoms with Gasteiger partial charge in [0.2, 0.25) is 0 Å². The minimum atomic E-state index is -1.14. The summed E-state index contributed by atoms with van der Waals surface area (Å²) < 4.78 is 37.3. The van der Waals surface area contributed by atoms with Crippen LogP contribution in [0.3, 0.4) is 0 Å². The van der Waals surface area contributed by atoms with Gasteiger partial charge in [0, 0.05) is 0 Å². The number of halogens is 2. The molecular formula is C18H14F2O5. The summed E-state index contributed by atoms with van der Waals surface area (Å²) in [5.74, 6) is -3.36. The third-order valence-electron chi connectivity index (χ3n) is 3.18. The summed E-state index contributed by atoms with van der Waals surface area (Å²) in [6, 6.07) is 7.69. The zero-order chi connectivity index (χ0) is 18.4. The average molecular weight is 348 g/mol. The van der Waals surface area contributed by atoms with Crippen LogP contribution in [-0.4, -0.2) is 30.6 Å². The molecule has 0 amide bonds. The fourth-order valence-electron chi connectivity index (χ4n) is 2.04. The largest absolute Gasteiger partial charge is 0.493 e. The van der Waals surface area contributed by atoms with Gasteiger partial charge in [-0.05, 0) is 35.9 Å². The molecule has 1 N–H and O–H groups in total. The maximum Gasteiger partial charge on any atom is 0.341 e. The van der Waals surface area contributed by atoms with Gasteiger partial charge in [-0.3, -0.25) is 4.79 Å². The molecule has 2 rings (SSSR count). The minimum absolute atomic E-state index is 0.216. The Morgan fingerprint density at radius 1 is 1.12 bits per heavy atom. The van der Waals surface area contributed by atoms with E-state index >= 15 is 0 Å². The SMILES string of the molecule is COc1cc(/C=C/C(=O)c2c(F)cccc2F)ccc1OCC(=O)O. The van der Waals surface area contributed by atoms with Crippen molar-refractivity contribution in [2.45, 2.75) is 0 Å². The van der Waals surface area contributed by atoms with Crippen molar-refractivity contribution >= 4 is 17.8 Å². The number of hydrogen-bond donors (Lipinski definition) is 1. The first-order chi connectivity index (χ1) is 11.9. The molecule has 0 spiro atoms. The van der Waals surface area contributed by atoms with Gasteiger partial charge in [0.05, 0.1) is 12.7 Å². The lowest BCUT2D eigenvalue weighted by molar-refractivity contribution is -0.139. The number of carboxylic acid groups (broad SMARTS) is 1. The van der Waals surface area contributed by atoms with E-state index in [0.717, 1.165) is 18.2 Å². The molecule has 0 fully saturated rings. The van der Waals surface area contributed by atoms with Crippen LogP contribution in [0.4, 0.5) is 8.78 Å². The summed E-state index contributed by atoms with van der Waals surface area (Å²) in [6.45, 7) is -0.531. The van der Waals surface area contributed by atoms with E-state index in [9.17, 15) is 18.4 Å². The number of rotatable bonds is 7. The maximum absolute atomic E-state index is 13.6. The third kappa shape index (κ3) is 4.63. The molecule has 0 aliphatic carbocycles. The fraction of sp³-hybridized carbons (Fsp3) is 0.111. The zero-order valence-electron chi connectivity index (χ0n) is 13.2. The molecule has 0 unspecified atom stereocenters. The topological polar surface area (TPSA) is 72.8 Å². The molecule has 0 saturated heterocycles. The Kier molecular flexibility index (Phi) is 5.84. The van der Waals surface area contributed by atoms with Gasteiger partial charge in [-0.25, -0.2) is 13.6 Å². The van der Waals surface area contributed by atoms with Crippen molar-refractivity contribution in [2.24, 2.45) is 0 Å². The minimum Gasteiger partial charge on any atom is -0.493 e. The molecule has 0 aliphatic rings. The third-order valence-corrected chi connectivity index (χ3v) is 3.18. The lowest BCUT2D eigenvalue weighted by Gasteiger charge is -2.09. The van der Waals surface area contributed by atoms with Gasteiger partial charge in [0.25, 0.3) is 0 Å². The first-order valence-electron chi connectivity index (χ1n) is 7.11. The molecule has 0 bridgehead atoms. The molecule has 0 aromatic heterocycles. The Balaban J connectivity index is 2.20. The number of carbonyl (C=O) groups is 2. The van der Waals surface area contributed by atoms with E-state index in [0.29, 0.717) is 5.56 Å². The second-order valence-electron chi connectivity index (χ2n) is 4.89. The lowest BCUT2D eigenvalue weighted by atomic mass is 10.1. The van der Waals surface area contributed by atoms with E-state index in [-0.39, 0.29) is 11.5 Å². The fourth-order valence-corrected chi connectivity index (χ4v) is 2.04. The summed E-state index contributed by atoms with van der Waals surface area (Å²) in [5.41, 5.74) is -0.128. The van der Waals surface area contributed by atoms with E-state index in [1.165, 1.54) is 31.4 Å². The normalized spacial score (nSPS) is 10.7. The lowest BCUT2D eigenvalue weighted by Crippen LogP contribution is -2.10. The van der Waals surface area contributed by atoms with Crippen LogP contribution in [0.5, 0.6) is 11.5 Å². The molecule has 5 nitrogen and oxygen atoms in total. The quantitative estimate of drug-likeness (QED) is 0.614. The second kappa shape index (κ2) is 8.05. The van der Waals surface area contributed by atoms with Crippen molar-refractivity contribution in [3.8, 4) is 11.5 Å². The highest BCUT2D eigenvalue weighted by molar-refractivity contribution is 6.07. The molecule has 130 valence electrons. The number of allylic oxidation sites excluding steroid dienone is 1. The van der Waals surface area contributed by atoms with E-state index in [1.54, 1.807) is 6.07 Å². The Morgan fingerprint density at radius 3 is 2.40 bits per heavy atom. The predicted molar refractivity (Wildman–Crippen MR) is 85.8 cm³/mol. The molecule has 0 saturated carbocycles. The van der Waals surface area contributed by atoms with E-state index in [2.05, 4.69) is 0 Å². The molecule has 0 heterocycles. The van der Waals surface area contributed by atoms with Crippen molar-refractivity contribution in [3.05, 3.63) is 65.2 Å². The van der Waals surface area contributed by atoms with Crippen molar-refractivity contribution in [1.82, 2.24) is 0 Å². The highest BCUT2D eigenvalue weighted by atomic mass is 19.1. The number of ketones is 1. The van der Waals surface area contributed by atoms with Crippen LogP contribution in [0.15, 0.2) is 42.5 Å². The highest BCUT2D eigenvalue weighted by Gasteiger charge is 2.14. The van der Waals surface area contributed by atoms with Gasteiger partial charge in [-0.1, -0.05) is 18.2 Å². The summed E-state index contributed by atoms with van der Waals surface area (Å²) in [5, 5.41) is 8.62.